The van der Waals surface area contributed by atoms with Crippen LogP contribution in [0.4, 0.5) is 10.6 Å². The van der Waals surface area contributed by atoms with Crippen LogP contribution in [0.2, 0.25) is 0 Å². The zero-order valence-corrected chi connectivity index (χ0v) is 11.2. The molecule has 0 bridgehead atoms. The van der Waals surface area contributed by atoms with Gasteiger partial charge < -0.3 is 10.4 Å². The largest absolute Gasteiger partial charge is 0.394 e. The van der Waals surface area contributed by atoms with Crippen molar-refractivity contribution in [2.45, 2.75) is 13.0 Å². The van der Waals surface area contributed by atoms with Gasteiger partial charge in [0.2, 0.25) is 0 Å². The predicted molar refractivity (Wildman–Crippen MR) is 77.4 cm³/mol. The Morgan fingerprint density at radius 2 is 1.95 bits per heavy atom. The van der Waals surface area contributed by atoms with Crippen LogP contribution in [-0.4, -0.2) is 22.7 Å². The van der Waals surface area contributed by atoms with Crippen LogP contribution in [0.25, 0.3) is 0 Å². The lowest BCUT2D eigenvalue weighted by Gasteiger charge is -2.17. The number of hydrogen-bond acceptors (Lipinski definition) is 3. The minimum atomic E-state index is -0.444. The molecule has 1 aromatic heterocycles. The zero-order valence-electron chi connectivity index (χ0n) is 11.2. The van der Waals surface area contributed by atoms with Crippen LogP contribution in [0.1, 0.15) is 17.3 Å². The number of aromatic nitrogens is 1. The summed E-state index contributed by atoms with van der Waals surface area (Å²) in [5, 5.41) is 14.7. The van der Waals surface area contributed by atoms with E-state index in [2.05, 4.69) is 15.6 Å². The van der Waals surface area contributed by atoms with E-state index in [1.807, 2.05) is 49.4 Å². The number of hydrogen-bond donors (Lipinski definition) is 3. The summed E-state index contributed by atoms with van der Waals surface area (Å²) in [6.07, 6.45) is 0. The van der Waals surface area contributed by atoms with E-state index in [-0.39, 0.29) is 6.61 Å². The minimum Gasteiger partial charge on any atom is -0.394 e. The molecule has 1 heterocycles. The fourth-order valence-electron chi connectivity index (χ4n) is 1.84. The number of carbonyl (C=O) groups is 1. The number of nitrogens with one attached hydrogen (secondary N) is 2. The van der Waals surface area contributed by atoms with Crippen LogP contribution >= 0.6 is 0 Å². The van der Waals surface area contributed by atoms with Crippen molar-refractivity contribution in [1.29, 1.82) is 0 Å². The van der Waals surface area contributed by atoms with Crippen molar-refractivity contribution in [3.8, 4) is 0 Å². The lowest BCUT2D eigenvalue weighted by molar-refractivity contribution is 0.225. The molecule has 0 aliphatic heterocycles. The van der Waals surface area contributed by atoms with E-state index in [1.165, 1.54) is 0 Å². The maximum atomic E-state index is 11.9. The molecule has 2 rings (SSSR count). The molecular weight excluding hydrogens is 254 g/mol. The van der Waals surface area contributed by atoms with Gasteiger partial charge in [0.15, 0.2) is 0 Å². The molecular formula is C15H17N3O2. The quantitative estimate of drug-likeness (QED) is 0.798. The van der Waals surface area contributed by atoms with Crippen molar-refractivity contribution >= 4 is 11.8 Å². The first kappa shape index (κ1) is 14.0. The number of carbonyl (C=O) groups excluding carboxylic acids is 1. The SMILES string of the molecule is Cc1cccc(NC(=O)NC(CO)c2ccccc2)n1. The lowest BCUT2D eigenvalue weighted by atomic mass is 10.1. The van der Waals surface area contributed by atoms with Crippen molar-refractivity contribution in [3.05, 3.63) is 59.8 Å². The van der Waals surface area contributed by atoms with Gasteiger partial charge in [-0.1, -0.05) is 36.4 Å². The predicted octanol–water partition coefficient (Wildman–Crippen LogP) is 2.25. The third-order valence-corrected chi connectivity index (χ3v) is 2.82. The van der Waals surface area contributed by atoms with Crippen LogP contribution in [0.15, 0.2) is 48.5 Å². The zero-order chi connectivity index (χ0) is 14.4. The summed E-state index contributed by atoms with van der Waals surface area (Å²) in [6.45, 7) is 1.68. The molecule has 0 fully saturated rings. The molecule has 0 aliphatic carbocycles. The molecule has 2 amide bonds. The van der Waals surface area contributed by atoms with Crippen LogP contribution in [-0.2, 0) is 0 Å². The van der Waals surface area contributed by atoms with Crippen LogP contribution in [0, 0.1) is 6.92 Å². The average Bonchev–Trinajstić information content (AvgIpc) is 2.45. The highest BCUT2D eigenvalue weighted by molar-refractivity contribution is 5.88. The van der Waals surface area contributed by atoms with Crippen molar-refractivity contribution in [1.82, 2.24) is 10.3 Å². The number of urea groups is 1. The molecule has 0 radical (unpaired) electrons. The maximum Gasteiger partial charge on any atom is 0.320 e. The highest BCUT2D eigenvalue weighted by atomic mass is 16.3. The molecule has 5 heteroatoms. The van der Waals surface area contributed by atoms with Crippen molar-refractivity contribution in [3.63, 3.8) is 0 Å². The fourth-order valence-corrected chi connectivity index (χ4v) is 1.84. The second-order valence-electron chi connectivity index (χ2n) is 4.41. The van der Waals surface area contributed by atoms with Crippen LogP contribution in [0.5, 0.6) is 0 Å². The molecule has 0 aliphatic rings. The average molecular weight is 271 g/mol. The highest BCUT2D eigenvalue weighted by Crippen LogP contribution is 2.12. The first-order valence-electron chi connectivity index (χ1n) is 6.36. The first-order valence-corrected chi connectivity index (χ1v) is 6.36. The summed E-state index contributed by atoms with van der Waals surface area (Å²) < 4.78 is 0. The number of benzene rings is 1. The molecule has 1 atom stereocenters. The van der Waals surface area contributed by atoms with Crippen LogP contribution in [0.3, 0.4) is 0 Å². The van der Waals surface area contributed by atoms with Gasteiger partial charge in [-0.05, 0) is 24.6 Å². The Hall–Kier alpha value is -2.40. The summed E-state index contributed by atoms with van der Waals surface area (Å²) in [5.41, 5.74) is 1.67. The summed E-state index contributed by atoms with van der Waals surface area (Å²) in [5.74, 6) is 0.479. The van der Waals surface area contributed by atoms with E-state index in [0.29, 0.717) is 5.82 Å². The highest BCUT2D eigenvalue weighted by Gasteiger charge is 2.13. The monoisotopic (exact) mass is 271 g/mol. The normalized spacial score (nSPS) is 11.7. The Labute approximate surface area is 117 Å². The second kappa shape index (κ2) is 6.68. The Morgan fingerprint density at radius 1 is 1.20 bits per heavy atom. The van der Waals surface area contributed by atoms with Gasteiger partial charge >= 0.3 is 6.03 Å². The number of rotatable bonds is 4. The summed E-state index contributed by atoms with van der Waals surface area (Å²) in [7, 11) is 0. The molecule has 0 saturated heterocycles. The maximum absolute atomic E-state index is 11.9. The third-order valence-electron chi connectivity index (χ3n) is 2.82. The molecule has 0 saturated carbocycles. The lowest BCUT2D eigenvalue weighted by Crippen LogP contribution is -2.34. The van der Waals surface area contributed by atoms with Crippen molar-refractivity contribution in [2.24, 2.45) is 0 Å². The molecule has 2 aromatic rings. The minimum absolute atomic E-state index is 0.168. The van der Waals surface area contributed by atoms with Gasteiger partial charge in [-0.25, -0.2) is 9.78 Å². The van der Waals surface area contributed by atoms with Crippen molar-refractivity contribution in [2.75, 3.05) is 11.9 Å². The molecule has 0 spiro atoms. The van der Waals surface area contributed by atoms with E-state index < -0.39 is 12.1 Å². The number of anilines is 1. The Kier molecular flexibility index (Phi) is 4.68. The Bertz CT molecular complexity index is 572. The van der Waals surface area contributed by atoms with E-state index in [4.69, 9.17) is 0 Å². The Balaban J connectivity index is 2.00. The molecule has 1 aromatic carbocycles. The summed E-state index contributed by atoms with van der Waals surface area (Å²) >= 11 is 0. The molecule has 5 nitrogen and oxygen atoms in total. The standard InChI is InChI=1S/C15H17N3O2/c1-11-6-5-9-14(16-11)18-15(20)17-13(10-19)12-7-3-2-4-8-12/h2-9,13,19H,10H2,1H3,(H2,16,17,18,20). The van der Waals surface area contributed by atoms with Crippen molar-refractivity contribution < 1.29 is 9.90 Å². The number of amides is 2. The fraction of sp³-hybridized carbons (Fsp3) is 0.200. The van der Waals surface area contributed by atoms with Gasteiger partial charge in [0.25, 0.3) is 0 Å². The van der Waals surface area contributed by atoms with Gasteiger partial charge in [0, 0.05) is 5.69 Å². The topological polar surface area (TPSA) is 74.2 Å². The molecule has 104 valence electrons. The number of aliphatic hydroxyl groups excluding tert-OH is 1. The smallest absolute Gasteiger partial charge is 0.320 e. The number of aliphatic hydroxyl groups is 1. The number of pyridine rings is 1. The molecule has 1 unspecified atom stereocenters. The number of nitrogens with zero attached hydrogens (tertiary/aromatic N) is 1. The Morgan fingerprint density at radius 3 is 2.60 bits per heavy atom. The van der Waals surface area contributed by atoms with Gasteiger partial charge in [-0.3, -0.25) is 5.32 Å². The molecule has 20 heavy (non-hydrogen) atoms. The van der Waals surface area contributed by atoms with E-state index in [0.717, 1.165) is 11.3 Å². The summed E-state index contributed by atoms with van der Waals surface area (Å²) in [6, 6.07) is 13.9. The van der Waals surface area contributed by atoms with Gasteiger partial charge in [-0.15, -0.1) is 0 Å². The van der Waals surface area contributed by atoms with E-state index in [9.17, 15) is 9.90 Å². The molecule has 3 N–H and O–H groups in total. The summed E-state index contributed by atoms with van der Waals surface area (Å²) in [4.78, 5) is 16.1. The second-order valence-corrected chi connectivity index (χ2v) is 4.41. The van der Waals surface area contributed by atoms with E-state index >= 15 is 0 Å². The van der Waals surface area contributed by atoms with Gasteiger partial charge in [-0.2, -0.15) is 0 Å². The third kappa shape index (κ3) is 3.80. The van der Waals surface area contributed by atoms with Gasteiger partial charge in [0.1, 0.15) is 5.82 Å². The number of aryl methyl sites for hydroxylation is 1. The van der Waals surface area contributed by atoms with Crippen LogP contribution < -0.4 is 10.6 Å². The first-order chi connectivity index (χ1) is 9.69. The van der Waals surface area contributed by atoms with E-state index in [1.54, 1.807) is 6.07 Å². The van der Waals surface area contributed by atoms with Gasteiger partial charge in [0.05, 0.1) is 12.6 Å².